The van der Waals surface area contributed by atoms with E-state index >= 15 is 0 Å². The van der Waals surface area contributed by atoms with Crippen LogP contribution in [0.2, 0.25) is 0 Å². The van der Waals surface area contributed by atoms with Crippen molar-refractivity contribution in [2.45, 2.75) is 31.6 Å². The molecule has 0 aromatic carbocycles. The van der Waals surface area contributed by atoms with E-state index in [0.717, 1.165) is 25.7 Å². The van der Waals surface area contributed by atoms with E-state index in [4.69, 9.17) is 16.3 Å². The SMILES string of the molecule is COC(=O)C(c1nnc(N)n1N)C1CCCC1. The highest BCUT2D eigenvalue weighted by molar-refractivity contribution is 5.77. The molecule has 17 heavy (non-hydrogen) atoms. The number of hydrogen-bond acceptors (Lipinski definition) is 6. The second-order valence-electron chi connectivity index (χ2n) is 4.33. The van der Waals surface area contributed by atoms with Crippen molar-refractivity contribution < 1.29 is 9.53 Å². The van der Waals surface area contributed by atoms with Gasteiger partial charge in [-0.15, -0.1) is 10.2 Å². The first-order chi connectivity index (χ1) is 8.15. The van der Waals surface area contributed by atoms with Gasteiger partial charge in [-0.2, -0.15) is 0 Å². The smallest absolute Gasteiger partial charge is 0.316 e. The van der Waals surface area contributed by atoms with Crippen molar-refractivity contribution in [1.29, 1.82) is 0 Å². The summed E-state index contributed by atoms with van der Waals surface area (Å²) in [5.41, 5.74) is 5.53. The zero-order valence-corrected chi connectivity index (χ0v) is 9.80. The van der Waals surface area contributed by atoms with Gasteiger partial charge >= 0.3 is 5.97 Å². The van der Waals surface area contributed by atoms with Crippen LogP contribution in [-0.4, -0.2) is 28.0 Å². The van der Waals surface area contributed by atoms with E-state index in [1.165, 1.54) is 11.8 Å². The summed E-state index contributed by atoms with van der Waals surface area (Å²) >= 11 is 0. The predicted molar refractivity (Wildman–Crippen MR) is 61.3 cm³/mol. The third kappa shape index (κ3) is 2.04. The summed E-state index contributed by atoms with van der Waals surface area (Å²) in [5.74, 6) is 5.65. The molecule has 0 bridgehead atoms. The minimum absolute atomic E-state index is 0.104. The molecule has 1 saturated carbocycles. The summed E-state index contributed by atoms with van der Waals surface area (Å²) in [6, 6.07) is 0. The monoisotopic (exact) mass is 239 g/mol. The second-order valence-corrected chi connectivity index (χ2v) is 4.33. The molecule has 7 heteroatoms. The number of anilines is 1. The lowest BCUT2D eigenvalue weighted by Crippen LogP contribution is -2.28. The number of aromatic nitrogens is 3. The van der Waals surface area contributed by atoms with Crippen LogP contribution in [0.4, 0.5) is 5.95 Å². The van der Waals surface area contributed by atoms with Gasteiger partial charge < -0.3 is 16.3 Å². The maximum atomic E-state index is 11.9. The van der Waals surface area contributed by atoms with Crippen molar-refractivity contribution in [3.05, 3.63) is 5.82 Å². The molecule has 1 heterocycles. The highest BCUT2D eigenvalue weighted by Crippen LogP contribution is 2.37. The van der Waals surface area contributed by atoms with Crippen LogP contribution in [-0.2, 0) is 9.53 Å². The first kappa shape index (κ1) is 11.7. The Balaban J connectivity index is 2.32. The van der Waals surface area contributed by atoms with Gasteiger partial charge in [0, 0.05) is 0 Å². The summed E-state index contributed by atoms with van der Waals surface area (Å²) < 4.78 is 5.99. The predicted octanol–water partition coefficient (Wildman–Crippen LogP) is 0.0209. The van der Waals surface area contributed by atoms with Crippen molar-refractivity contribution in [3.63, 3.8) is 0 Å². The van der Waals surface area contributed by atoms with E-state index in [2.05, 4.69) is 10.2 Å². The first-order valence-electron chi connectivity index (χ1n) is 5.68. The largest absolute Gasteiger partial charge is 0.468 e. The number of nitrogen functional groups attached to an aromatic ring is 2. The van der Waals surface area contributed by atoms with Gasteiger partial charge in [0.2, 0.25) is 5.95 Å². The van der Waals surface area contributed by atoms with Crippen molar-refractivity contribution in [1.82, 2.24) is 14.9 Å². The van der Waals surface area contributed by atoms with Crippen molar-refractivity contribution in [2.75, 3.05) is 18.7 Å². The van der Waals surface area contributed by atoms with E-state index in [1.807, 2.05) is 0 Å². The lowest BCUT2D eigenvalue weighted by atomic mass is 9.90. The Morgan fingerprint density at radius 1 is 1.47 bits per heavy atom. The van der Waals surface area contributed by atoms with Crippen molar-refractivity contribution >= 4 is 11.9 Å². The van der Waals surface area contributed by atoms with Crippen LogP contribution in [0.5, 0.6) is 0 Å². The molecule has 4 N–H and O–H groups in total. The summed E-state index contributed by atoms with van der Waals surface area (Å²) in [7, 11) is 1.37. The molecule has 1 aromatic heterocycles. The highest BCUT2D eigenvalue weighted by atomic mass is 16.5. The van der Waals surface area contributed by atoms with E-state index in [1.54, 1.807) is 0 Å². The first-order valence-corrected chi connectivity index (χ1v) is 5.68. The zero-order valence-electron chi connectivity index (χ0n) is 9.80. The molecule has 0 saturated heterocycles. The van der Waals surface area contributed by atoms with Gasteiger partial charge in [0.15, 0.2) is 5.82 Å². The average molecular weight is 239 g/mol. The second kappa shape index (κ2) is 4.60. The van der Waals surface area contributed by atoms with Gasteiger partial charge in [-0.05, 0) is 18.8 Å². The molecule has 2 rings (SSSR count). The Bertz CT molecular complexity index is 411. The third-order valence-electron chi connectivity index (χ3n) is 3.35. The van der Waals surface area contributed by atoms with Crippen LogP contribution in [0.15, 0.2) is 0 Å². The third-order valence-corrected chi connectivity index (χ3v) is 3.35. The molecule has 1 aliphatic carbocycles. The standard InChI is InChI=1S/C10H17N5O2/c1-17-9(16)7(6-4-2-3-5-6)8-13-14-10(11)15(8)12/h6-7H,2-5,12H2,1H3,(H2,11,14). The van der Waals surface area contributed by atoms with Gasteiger partial charge in [0.05, 0.1) is 7.11 Å². The summed E-state index contributed by atoms with van der Waals surface area (Å²) in [6.07, 6.45) is 4.19. The number of carbonyl (C=O) groups is 1. The molecule has 0 aliphatic heterocycles. The fraction of sp³-hybridized carbons (Fsp3) is 0.700. The molecule has 0 radical (unpaired) electrons. The topological polar surface area (TPSA) is 109 Å². The molecule has 1 aliphatic rings. The van der Waals surface area contributed by atoms with Crippen LogP contribution in [0, 0.1) is 5.92 Å². The van der Waals surface area contributed by atoms with Crippen LogP contribution in [0.3, 0.4) is 0 Å². The average Bonchev–Trinajstić information content (AvgIpc) is 2.94. The molecule has 1 fully saturated rings. The van der Waals surface area contributed by atoms with E-state index < -0.39 is 5.92 Å². The Morgan fingerprint density at radius 2 is 2.12 bits per heavy atom. The summed E-state index contributed by atoms with van der Waals surface area (Å²) in [5, 5.41) is 7.57. The van der Waals surface area contributed by atoms with E-state index in [9.17, 15) is 4.79 Å². The molecule has 0 spiro atoms. The minimum atomic E-state index is -0.461. The van der Waals surface area contributed by atoms with Gasteiger partial charge in [0.25, 0.3) is 0 Å². The zero-order chi connectivity index (χ0) is 12.4. The highest BCUT2D eigenvalue weighted by Gasteiger charge is 2.36. The molecular formula is C10H17N5O2. The van der Waals surface area contributed by atoms with Gasteiger partial charge in [0.1, 0.15) is 5.92 Å². The van der Waals surface area contributed by atoms with Gasteiger partial charge in [-0.1, -0.05) is 12.8 Å². The van der Waals surface area contributed by atoms with Crippen LogP contribution in [0.25, 0.3) is 0 Å². The Morgan fingerprint density at radius 3 is 2.59 bits per heavy atom. The number of esters is 1. The number of nitrogens with two attached hydrogens (primary N) is 2. The quantitative estimate of drug-likeness (QED) is 0.568. The molecule has 7 nitrogen and oxygen atoms in total. The molecule has 0 amide bonds. The van der Waals surface area contributed by atoms with E-state index in [-0.39, 0.29) is 17.8 Å². The number of ether oxygens (including phenoxy) is 1. The maximum absolute atomic E-state index is 11.9. The minimum Gasteiger partial charge on any atom is -0.468 e. The molecular weight excluding hydrogens is 222 g/mol. The lowest BCUT2D eigenvalue weighted by molar-refractivity contribution is -0.144. The Labute approximate surface area is 99.1 Å². The van der Waals surface area contributed by atoms with Crippen molar-refractivity contribution in [2.24, 2.45) is 5.92 Å². The molecule has 94 valence electrons. The van der Waals surface area contributed by atoms with Crippen LogP contribution >= 0.6 is 0 Å². The number of hydrogen-bond donors (Lipinski definition) is 2. The summed E-state index contributed by atoms with van der Waals surface area (Å²) in [4.78, 5) is 11.9. The van der Waals surface area contributed by atoms with E-state index in [0.29, 0.717) is 5.82 Å². The summed E-state index contributed by atoms with van der Waals surface area (Å²) in [6.45, 7) is 0. The Hall–Kier alpha value is -1.79. The van der Waals surface area contributed by atoms with Gasteiger partial charge in [-0.25, -0.2) is 4.68 Å². The molecule has 1 unspecified atom stereocenters. The number of carbonyl (C=O) groups excluding carboxylic acids is 1. The van der Waals surface area contributed by atoms with Crippen molar-refractivity contribution in [3.8, 4) is 0 Å². The molecule has 1 atom stereocenters. The van der Waals surface area contributed by atoms with Crippen LogP contribution < -0.4 is 11.6 Å². The number of methoxy groups -OCH3 is 1. The fourth-order valence-corrected chi connectivity index (χ4v) is 2.45. The normalized spacial score (nSPS) is 18.2. The molecule has 1 aromatic rings. The number of nitrogens with zero attached hydrogens (tertiary/aromatic N) is 3. The Kier molecular flexibility index (Phi) is 3.16. The maximum Gasteiger partial charge on any atom is 0.316 e. The van der Waals surface area contributed by atoms with Gasteiger partial charge in [-0.3, -0.25) is 4.79 Å². The fourth-order valence-electron chi connectivity index (χ4n) is 2.45. The lowest BCUT2D eigenvalue weighted by Gasteiger charge is -2.19. The number of rotatable bonds is 3. The van der Waals surface area contributed by atoms with Crippen LogP contribution in [0.1, 0.15) is 37.4 Å².